The highest BCUT2D eigenvalue weighted by atomic mass is 16.4. The maximum absolute atomic E-state index is 15.0. The lowest BCUT2D eigenvalue weighted by Crippen LogP contribution is -2.63. The Morgan fingerprint density at radius 2 is 0.604 bits per heavy atom. The molecule has 828 valence electrons. The molecule has 55 heteroatoms. The maximum atomic E-state index is 15.0. The van der Waals surface area contributed by atoms with Crippen LogP contribution in [0.5, 0.6) is 11.5 Å². The van der Waals surface area contributed by atoms with Gasteiger partial charge in [0.05, 0.1) is 50.8 Å². The van der Waals surface area contributed by atoms with Gasteiger partial charge in [0.2, 0.25) is 106 Å². The van der Waals surface area contributed by atoms with Crippen molar-refractivity contribution >= 4 is 130 Å². The monoisotopic (exact) mass is 2110 g/mol. The summed E-state index contributed by atoms with van der Waals surface area (Å²) < 4.78 is 0. The van der Waals surface area contributed by atoms with Crippen LogP contribution in [0.1, 0.15) is 173 Å². The van der Waals surface area contributed by atoms with Gasteiger partial charge in [0.15, 0.2) is 0 Å². The van der Waals surface area contributed by atoms with E-state index in [1.165, 1.54) is 55.5 Å². The summed E-state index contributed by atoms with van der Waals surface area (Å²) in [6.07, 6.45) is -8.60. The Balaban J connectivity index is 2.01. The summed E-state index contributed by atoms with van der Waals surface area (Å²) in [5.41, 5.74) is 34.5. The van der Waals surface area contributed by atoms with Gasteiger partial charge in [-0.05, 0) is 190 Å². The number of carbonyl (C=O) groups is 22. The van der Waals surface area contributed by atoms with Crippen molar-refractivity contribution in [2.75, 3.05) is 45.9 Å². The van der Waals surface area contributed by atoms with Crippen LogP contribution in [0.3, 0.4) is 0 Å². The van der Waals surface area contributed by atoms with Crippen LogP contribution in [-0.4, -0.2) is 342 Å². The van der Waals surface area contributed by atoms with Crippen molar-refractivity contribution in [3.8, 4) is 11.5 Å². The third-order valence-corrected chi connectivity index (χ3v) is 22.9. The number of nitrogens with two attached hydrogens (primary N) is 6. The van der Waals surface area contributed by atoms with Gasteiger partial charge in [-0.1, -0.05) is 68.4 Å². The molecule has 0 saturated carbocycles. The minimum Gasteiger partial charge on any atom is -0.508 e. The van der Waals surface area contributed by atoms with Crippen LogP contribution in [0.4, 0.5) is 0 Å². The average Bonchev–Trinajstić information content (AvgIpc) is 0.843. The number of primary amides is 1. The van der Waals surface area contributed by atoms with Gasteiger partial charge in [0, 0.05) is 32.1 Å². The number of phenolic OH excluding ortho intramolecular Hbond substituents is 2. The third kappa shape index (κ3) is 49.1. The predicted octanol–water partition coefficient (Wildman–Crippen LogP) is -10.2. The van der Waals surface area contributed by atoms with Crippen LogP contribution in [0, 0.1) is 5.92 Å². The van der Waals surface area contributed by atoms with Crippen LogP contribution in [0.2, 0.25) is 0 Å². The van der Waals surface area contributed by atoms with E-state index in [1.807, 2.05) is 5.32 Å². The molecule has 18 amide bonds. The van der Waals surface area contributed by atoms with Crippen LogP contribution in [0.15, 0.2) is 78.9 Å². The molecular weight excluding hydrogens is 1960 g/mol. The second-order valence-corrected chi connectivity index (χ2v) is 35.9. The Bertz CT molecular complexity index is 4950. The Labute approximate surface area is 857 Å². The maximum Gasteiger partial charge on any atom is 0.326 e. The number of hydrogen-bond donors (Lipinski definition) is 33. The normalized spacial score (nSPS) is 14.9. The Morgan fingerprint density at radius 3 is 0.966 bits per heavy atom. The van der Waals surface area contributed by atoms with E-state index >= 15 is 0 Å². The second kappa shape index (κ2) is 67.9. The molecule has 0 aliphatic rings. The van der Waals surface area contributed by atoms with Crippen LogP contribution < -0.4 is 125 Å². The van der Waals surface area contributed by atoms with Gasteiger partial charge < -0.3 is 176 Å². The lowest BCUT2D eigenvalue weighted by atomic mass is 9.99. The van der Waals surface area contributed by atoms with Crippen LogP contribution >= 0.6 is 0 Å². The molecular formula is C94H145N23O32. The molecule has 0 radical (unpaired) electrons. The summed E-state index contributed by atoms with van der Waals surface area (Å²) in [6.45, 7) is 3.56. The summed E-state index contributed by atoms with van der Waals surface area (Å²) >= 11 is 0. The first kappa shape index (κ1) is 128. The van der Waals surface area contributed by atoms with Crippen LogP contribution in [-0.2, 0) is 125 Å². The Hall–Kier alpha value is -14.8. The molecule has 55 nitrogen and oxygen atoms in total. The lowest BCUT2D eigenvalue weighted by molar-refractivity contribution is -0.142. The highest BCUT2D eigenvalue weighted by molar-refractivity contribution is 6.03. The van der Waals surface area contributed by atoms with E-state index in [0.717, 1.165) is 26.0 Å². The number of unbranched alkanes of at least 4 members (excludes halogenated alkanes) is 4. The molecule has 0 bridgehead atoms. The van der Waals surface area contributed by atoms with E-state index in [-0.39, 0.29) is 132 Å². The number of benzene rings is 3. The zero-order chi connectivity index (χ0) is 112. The molecule has 0 heterocycles. The number of carboxylic acids is 4. The zero-order valence-corrected chi connectivity index (χ0v) is 83.5. The summed E-state index contributed by atoms with van der Waals surface area (Å²) in [6, 6.07) is -12.9. The molecule has 0 aromatic heterocycles. The molecule has 3 aromatic rings. The zero-order valence-electron chi connectivity index (χ0n) is 83.5. The minimum absolute atomic E-state index is 0.00940. The molecule has 19 atom stereocenters. The number of rotatable bonds is 73. The van der Waals surface area contributed by atoms with E-state index in [0.29, 0.717) is 24.8 Å². The molecule has 0 fully saturated rings. The first-order valence-electron chi connectivity index (χ1n) is 48.4. The number of carbonyl (C=O) groups excluding carboxylic acids is 18. The molecule has 3 aromatic carbocycles. The fraction of sp³-hybridized carbons (Fsp3) is 0.574. The summed E-state index contributed by atoms with van der Waals surface area (Å²) in [5, 5.41) is 143. The van der Waals surface area contributed by atoms with Gasteiger partial charge >= 0.3 is 23.9 Å². The van der Waals surface area contributed by atoms with Crippen molar-refractivity contribution in [2.24, 2.45) is 40.3 Å². The van der Waals surface area contributed by atoms with Crippen molar-refractivity contribution in [1.29, 1.82) is 0 Å². The summed E-state index contributed by atoms with van der Waals surface area (Å²) in [4.78, 5) is 301. The number of phenols is 2. The molecule has 0 aliphatic carbocycles. The van der Waals surface area contributed by atoms with Gasteiger partial charge in [-0.3, -0.25) is 101 Å². The molecule has 0 aliphatic heterocycles. The number of hydrogen-bond acceptors (Lipinski definition) is 33. The number of aromatic hydroxyl groups is 2. The van der Waals surface area contributed by atoms with Gasteiger partial charge in [0.1, 0.15) is 108 Å². The summed E-state index contributed by atoms with van der Waals surface area (Å²) in [7, 11) is 0. The number of aliphatic hydroxyl groups is 4. The lowest BCUT2D eigenvalue weighted by Gasteiger charge is -2.29. The van der Waals surface area contributed by atoms with E-state index < -0.39 is 309 Å². The van der Waals surface area contributed by atoms with Crippen molar-refractivity contribution in [3.05, 3.63) is 95.6 Å². The molecule has 0 spiro atoms. The number of nitrogens with one attached hydrogen (secondary N) is 17. The Morgan fingerprint density at radius 1 is 0.302 bits per heavy atom. The number of carboxylic acid groups (broad SMARTS) is 4. The highest BCUT2D eigenvalue weighted by Crippen LogP contribution is 2.19. The molecule has 0 saturated heterocycles. The first-order chi connectivity index (χ1) is 70.4. The third-order valence-electron chi connectivity index (χ3n) is 22.9. The van der Waals surface area contributed by atoms with E-state index in [9.17, 15) is 157 Å². The van der Waals surface area contributed by atoms with Gasteiger partial charge in [-0.2, -0.15) is 0 Å². The van der Waals surface area contributed by atoms with Gasteiger partial charge in [-0.15, -0.1) is 0 Å². The summed E-state index contributed by atoms with van der Waals surface area (Å²) in [5.74, 6) is -28.8. The standard InChI is InChI=1S/C94H145N23O32/c1-48(2)39-63(84(138)111-67(43-74(128)129)87(141)106-61(32-34-73(126)127)83(137)104-59(20-10-14-36-96)81(135)103-58(19-9-13-35-95)80(134)102-49(3)78(132)107-62(94(148)149)22-12-16-38-98)108-85(139)64(41-53-23-27-55(122)28-24-53)109-82(136)60(21-11-15-37-97)105-90(144)69(46-118)114-86(140)65(42-54-25-29-56(123)30-26-54)110-88(142)68(44-75(130)131)112-91(145)70(47-119)115-93(147)77(51(5)121)117-89(143)66(40-52-17-7-6-8-18-52)113-92(146)76(50(4)120)116-72(125)45-101-79(133)57(99)31-33-71(100)124/h6-8,17-18,23-30,48-51,57-70,76-77,118-123H,9-16,19-22,31-47,95-99H2,1-5H3,(H2,100,124)(H,101,133)(H,102,134)(H,103,135)(H,104,137)(H,105,144)(H,106,141)(H,107,132)(H,108,139)(H,109,136)(H,110,142)(H,111,138)(H,112,145)(H,113,146)(H,114,140)(H,115,147)(H,116,125)(H,117,143)(H,126,127)(H,128,129)(H,130,131)(H,148,149)/t49-,50+,51+,57-,58-,59-,60-,61-,62-,63-,64-,65-,66-,67-,68-,69-,70-,76-,77-/m0/s1. The smallest absolute Gasteiger partial charge is 0.326 e. The topological polar surface area (TPSA) is 938 Å². The van der Waals surface area contributed by atoms with Gasteiger partial charge in [-0.25, -0.2) is 4.79 Å². The van der Waals surface area contributed by atoms with E-state index in [4.69, 9.17) is 34.4 Å². The van der Waals surface area contributed by atoms with Crippen LogP contribution in [0.25, 0.3) is 0 Å². The van der Waals surface area contributed by atoms with Crippen molar-refractivity contribution in [3.63, 3.8) is 0 Å². The highest BCUT2D eigenvalue weighted by Gasteiger charge is 2.42. The predicted molar refractivity (Wildman–Crippen MR) is 527 cm³/mol. The SMILES string of the molecule is CC(C)C[C@H](NC(=O)[C@H](Cc1ccc(O)cc1)NC(=O)[C@H](CCCCN)NC(=O)[C@H](CO)NC(=O)[C@H](Cc1ccc(O)cc1)NC(=O)[C@H](CC(=O)O)NC(=O)[C@H](CO)NC(=O)[C@@H](NC(=O)[C@H](Cc1ccccc1)NC(=O)[C@@H](NC(=O)CNC(=O)[C@@H](N)CCC(N)=O)[C@@H](C)O)[C@@H](C)O)C(=O)N[C@@H](CC(=O)O)C(=O)N[C@@H](CCC(=O)O)C(=O)N[C@@H](CCCCN)C(=O)N[C@@H](CCCCN)C(=O)N[C@@H](C)C(=O)N[C@@H](CCCCN)C(=O)O. The quantitative estimate of drug-likeness (QED) is 0.0233. The second-order valence-electron chi connectivity index (χ2n) is 35.9. The Kier molecular flexibility index (Phi) is 58.5. The van der Waals surface area contributed by atoms with Crippen molar-refractivity contribution in [2.45, 2.75) is 291 Å². The number of aliphatic hydroxyl groups excluding tert-OH is 4. The molecule has 149 heavy (non-hydrogen) atoms. The molecule has 3 rings (SSSR count). The average molecular weight is 2110 g/mol. The number of amides is 18. The minimum atomic E-state index is -2.26. The van der Waals surface area contributed by atoms with Crippen molar-refractivity contribution in [1.82, 2.24) is 90.4 Å². The number of aliphatic carboxylic acids is 4. The fourth-order valence-electron chi connectivity index (χ4n) is 14.6. The van der Waals surface area contributed by atoms with E-state index in [1.54, 1.807) is 32.0 Å². The largest absolute Gasteiger partial charge is 0.508 e. The van der Waals surface area contributed by atoms with Gasteiger partial charge in [0.25, 0.3) is 0 Å². The fourth-order valence-corrected chi connectivity index (χ4v) is 14.6. The first-order valence-corrected chi connectivity index (χ1v) is 48.4. The molecule has 0 unspecified atom stereocenters. The van der Waals surface area contributed by atoms with Crippen molar-refractivity contribution < 1.29 is 157 Å². The molecule has 39 N–H and O–H groups in total. The van der Waals surface area contributed by atoms with E-state index in [2.05, 4.69) is 85.1 Å².